The molecule has 1 aliphatic heterocycles. The molecule has 0 spiro atoms. The van der Waals surface area contributed by atoms with Crippen LogP contribution in [0.5, 0.6) is 11.5 Å². The molecule has 1 amide bonds. The van der Waals surface area contributed by atoms with Crippen LogP contribution in [0.4, 0.5) is 5.69 Å². The number of hydrogen-bond acceptors (Lipinski definition) is 4. The molecular formula is C12H12BrNO4. The van der Waals surface area contributed by atoms with Gasteiger partial charge in [-0.25, -0.2) is 0 Å². The van der Waals surface area contributed by atoms with E-state index in [0.29, 0.717) is 36.0 Å². The van der Waals surface area contributed by atoms with Crippen molar-refractivity contribution in [3.05, 3.63) is 17.7 Å². The van der Waals surface area contributed by atoms with Crippen LogP contribution in [0.1, 0.15) is 17.3 Å². The number of hydrogen-bond donors (Lipinski definition) is 1. The first kappa shape index (κ1) is 12.9. The predicted octanol–water partition coefficient (Wildman–Crippen LogP) is 1.99. The molecular weight excluding hydrogens is 302 g/mol. The minimum atomic E-state index is -0.228. The van der Waals surface area contributed by atoms with Crippen molar-refractivity contribution in [2.45, 2.75) is 6.92 Å². The average molecular weight is 314 g/mol. The monoisotopic (exact) mass is 313 g/mol. The Labute approximate surface area is 113 Å². The number of amides is 1. The van der Waals surface area contributed by atoms with Crippen molar-refractivity contribution in [2.24, 2.45) is 0 Å². The third-order valence-electron chi connectivity index (χ3n) is 2.46. The molecule has 1 aromatic carbocycles. The van der Waals surface area contributed by atoms with Gasteiger partial charge in [-0.2, -0.15) is 0 Å². The molecule has 1 aromatic rings. The van der Waals surface area contributed by atoms with Gasteiger partial charge in [0.2, 0.25) is 5.91 Å². The van der Waals surface area contributed by atoms with Crippen molar-refractivity contribution in [1.29, 1.82) is 0 Å². The highest BCUT2D eigenvalue weighted by molar-refractivity contribution is 9.09. The summed E-state index contributed by atoms with van der Waals surface area (Å²) in [6, 6.07) is 3.21. The van der Waals surface area contributed by atoms with Crippen LogP contribution in [0.3, 0.4) is 0 Å². The van der Waals surface area contributed by atoms with Crippen molar-refractivity contribution in [2.75, 3.05) is 23.9 Å². The van der Waals surface area contributed by atoms with E-state index in [1.807, 2.05) is 0 Å². The Morgan fingerprint density at radius 3 is 2.44 bits per heavy atom. The van der Waals surface area contributed by atoms with Gasteiger partial charge < -0.3 is 14.8 Å². The molecule has 0 aromatic heterocycles. The van der Waals surface area contributed by atoms with Crippen molar-refractivity contribution < 1.29 is 19.1 Å². The number of Topliss-reactive ketones (excluding diaryl/α,β-unsaturated/α-hetero) is 1. The third kappa shape index (κ3) is 2.64. The second kappa shape index (κ2) is 5.39. The molecule has 5 nitrogen and oxygen atoms in total. The number of alkyl halides is 1. The Kier molecular flexibility index (Phi) is 3.86. The van der Waals surface area contributed by atoms with Gasteiger partial charge in [0.05, 0.1) is 11.0 Å². The maximum absolute atomic E-state index is 11.6. The van der Waals surface area contributed by atoms with Crippen LogP contribution in [0, 0.1) is 0 Å². The van der Waals surface area contributed by atoms with E-state index in [9.17, 15) is 9.59 Å². The number of benzene rings is 1. The molecule has 0 saturated heterocycles. The lowest BCUT2D eigenvalue weighted by molar-refractivity contribution is -0.113. The Hall–Kier alpha value is -1.56. The molecule has 1 aliphatic rings. The lowest BCUT2D eigenvalue weighted by atomic mass is 10.1. The number of nitrogens with one attached hydrogen (secondary N) is 1. The molecule has 2 rings (SSSR count). The zero-order chi connectivity index (χ0) is 13.1. The molecule has 0 fully saturated rings. The fraction of sp³-hybridized carbons (Fsp3) is 0.333. The van der Waals surface area contributed by atoms with Crippen molar-refractivity contribution in [3.8, 4) is 11.5 Å². The van der Waals surface area contributed by atoms with Crippen molar-refractivity contribution >= 4 is 33.3 Å². The highest BCUT2D eigenvalue weighted by Crippen LogP contribution is 2.35. The van der Waals surface area contributed by atoms with Crippen LogP contribution in [0.2, 0.25) is 0 Å². The first-order valence-electron chi connectivity index (χ1n) is 5.42. The lowest BCUT2D eigenvalue weighted by Gasteiger charge is -2.20. The summed E-state index contributed by atoms with van der Waals surface area (Å²) in [6.07, 6.45) is 0. The van der Waals surface area contributed by atoms with Gasteiger partial charge in [0, 0.05) is 11.6 Å². The van der Waals surface area contributed by atoms with Gasteiger partial charge in [-0.1, -0.05) is 15.9 Å². The van der Waals surface area contributed by atoms with E-state index < -0.39 is 0 Å². The zero-order valence-electron chi connectivity index (χ0n) is 9.79. The predicted molar refractivity (Wildman–Crippen MR) is 69.9 cm³/mol. The molecule has 0 atom stereocenters. The Morgan fingerprint density at radius 2 is 1.89 bits per heavy atom. The number of carbonyl (C=O) groups excluding carboxylic acids is 2. The fourth-order valence-corrected chi connectivity index (χ4v) is 1.81. The molecule has 0 radical (unpaired) electrons. The molecule has 0 unspecified atom stereocenters. The van der Waals surface area contributed by atoms with E-state index in [1.54, 1.807) is 12.1 Å². The molecule has 0 bridgehead atoms. The maximum atomic E-state index is 11.6. The van der Waals surface area contributed by atoms with E-state index in [-0.39, 0.29) is 17.0 Å². The second-order valence-electron chi connectivity index (χ2n) is 3.78. The quantitative estimate of drug-likeness (QED) is 0.684. The van der Waals surface area contributed by atoms with Crippen molar-refractivity contribution in [3.63, 3.8) is 0 Å². The first-order chi connectivity index (χ1) is 8.61. The Morgan fingerprint density at radius 1 is 1.28 bits per heavy atom. The number of halogens is 1. The van der Waals surface area contributed by atoms with Gasteiger partial charge >= 0.3 is 0 Å². The summed E-state index contributed by atoms with van der Waals surface area (Å²) >= 11 is 3.06. The Balaban J connectivity index is 2.42. The topological polar surface area (TPSA) is 64.6 Å². The number of ketones is 1. The van der Waals surface area contributed by atoms with Crippen LogP contribution in [-0.2, 0) is 4.79 Å². The number of fused-ring (bicyclic) bond motifs is 1. The number of ether oxygens (including phenoxy) is 2. The van der Waals surface area contributed by atoms with Gasteiger partial charge in [-0.3, -0.25) is 9.59 Å². The summed E-state index contributed by atoms with van der Waals surface area (Å²) in [6.45, 7) is 2.35. The summed E-state index contributed by atoms with van der Waals surface area (Å²) in [5.41, 5.74) is 0.852. The number of carbonyl (C=O) groups is 2. The Bertz CT molecular complexity index is 501. The van der Waals surface area contributed by atoms with Gasteiger partial charge in [0.1, 0.15) is 13.2 Å². The maximum Gasteiger partial charge on any atom is 0.235 e. The number of rotatable bonds is 3. The minimum absolute atomic E-state index is 0.142. The molecule has 0 aliphatic carbocycles. The molecule has 1 heterocycles. The van der Waals surface area contributed by atoms with Crippen LogP contribution >= 0.6 is 15.9 Å². The highest BCUT2D eigenvalue weighted by atomic mass is 79.9. The van der Waals surface area contributed by atoms with Crippen LogP contribution in [-0.4, -0.2) is 30.2 Å². The molecule has 6 heteroatoms. The normalized spacial score (nSPS) is 13.0. The molecule has 0 saturated carbocycles. The second-order valence-corrected chi connectivity index (χ2v) is 4.34. The average Bonchev–Trinajstić information content (AvgIpc) is 2.37. The lowest BCUT2D eigenvalue weighted by Crippen LogP contribution is -2.18. The largest absolute Gasteiger partial charge is 0.486 e. The summed E-state index contributed by atoms with van der Waals surface area (Å²) in [5.74, 6) is 0.699. The van der Waals surface area contributed by atoms with Crippen molar-refractivity contribution in [1.82, 2.24) is 0 Å². The molecule has 1 N–H and O–H groups in total. The fourth-order valence-electron chi connectivity index (χ4n) is 1.67. The molecule has 18 heavy (non-hydrogen) atoms. The first-order valence-corrected chi connectivity index (χ1v) is 6.54. The summed E-state index contributed by atoms with van der Waals surface area (Å²) in [4.78, 5) is 22.9. The smallest absolute Gasteiger partial charge is 0.235 e. The van der Waals surface area contributed by atoms with E-state index in [1.165, 1.54) is 6.92 Å². The highest BCUT2D eigenvalue weighted by Gasteiger charge is 2.18. The van der Waals surface area contributed by atoms with Gasteiger partial charge in [0.25, 0.3) is 0 Å². The zero-order valence-corrected chi connectivity index (χ0v) is 11.4. The standard InChI is InChI=1S/C12H12BrNO4/c1-7(15)8-4-10-11(18-3-2-17-10)5-9(8)14-12(16)6-13/h4-5H,2-3,6H2,1H3,(H,14,16). The van der Waals surface area contributed by atoms with E-state index >= 15 is 0 Å². The summed E-state index contributed by atoms with van der Waals surface area (Å²) in [5, 5.41) is 2.81. The van der Waals surface area contributed by atoms with Crippen LogP contribution < -0.4 is 14.8 Å². The van der Waals surface area contributed by atoms with Crippen LogP contribution in [0.15, 0.2) is 12.1 Å². The number of anilines is 1. The van der Waals surface area contributed by atoms with Gasteiger partial charge in [-0.15, -0.1) is 0 Å². The van der Waals surface area contributed by atoms with E-state index in [2.05, 4.69) is 21.2 Å². The third-order valence-corrected chi connectivity index (χ3v) is 2.97. The van der Waals surface area contributed by atoms with Crippen LogP contribution in [0.25, 0.3) is 0 Å². The molecule has 96 valence electrons. The minimum Gasteiger partial charge on any atom is -0.486 e. The van der Waals surface area contributed by atoms with E-state index in [4.69, 9.17) is 9.47 Å². The van der Waals surface area contributed by atoms with Gasteiger partial charge in [0.15, 0.2) is 17.3 Å². The summed E-state index contributed by atoms with van der Waals surface area (Å²) < 4.78 is 10.8. The SMILES string of the molecule is CC(=O)c1cc2c(cc1NC(=O)CBr)OCCO2. The summed E-state index contributed by atoms with van der Waals surface area (Å²) in [7, 11) is 0. The van der Waals surface area contributed by atoms with Gasteiger partial charge in [-0.05, 0) is 13.0 Å². The van der Waals surface area contributed by atoms with E-state index in [0.717, 1.165) is 0 Å².